The Morgan fingerprint density at radius 2 is 1.40 bits per heavy atom. The molecule has 2 aliphatic carbocycles. The van der Waals surface area contributed by atoms with Crippen LogP contribution in [0.15, 0.2) is 66.7 Å². The summed E-state index contributed by atoms with van der Waals surface area (Å²) in [4.78, 5) is 18.6. The lowest BCUT2D eigenvalue weighted by Crippen LogP contribution is -2.52. The number of nitrogens with two attached hydrogens (primary N) is 1. The molecule has 6 rings (SSSR count). The van der Waals surface area contributed by atoms with E-state index in [-0.39, 0.29) is 28.7 Å². The van der Waals surface area contributed by atoms with Crippen LogP contribution in [-0.4, -0.2) is 76.8 Å². The number of carbonyl (C=O) groups excluding carboxylic acids is 1. The number of nitrogens with zero attached hydrogens (tertiary/aromatic N) is 4. The fourth-order valence-electron chi connectivity index (χ4n) is 7.82. The molecular weight excluding hydrogens is 717 g/mol. The Hall–Kier alpha value is -3.22. The highest BCUT2D eigenvalue weighted by Crippen LogP contribution is 2.38. The van der Waals surface area contributed by atoms with Crippen molar-refractivity contribution in [1.82, 2.24) is 24.9 Å². The van der Waals surface area contributed by atoms with E-state index in [1.807, 2.05) is 12.1 Å². The number of benzene rings is 2. The van der Waals surface area contributed by atoms with E-state index in [1.54, 1.807) is 12.1 Å². The fourth-order valence-corrected chi connectivity index (χ4v) is 8.81. The molecule has 3 N–H and O–H groups in total. The van der Waals surface area contributed by atoms with E-state index in [0.29, 0.717) is 15.8 Å². The van der Waals surface area contributed by atoms with Gasteiger partial charge in [0.25, 0.3) is 5.91 Å². The summed E-state index contributed by atoms with van der Waals surface area (Å²) in [7, 11) is 9.90. The van der Waals surface area contributed by atoms with Crippen molar-refractivity contribution in [2.24, 2.45) is 12.8 Å². The molecule has 288 valence electrons. The summed E-state index contributed by atoms with van der Waals surface area (Å²) in [6, 6.07) is 21.7. The molecule has 2 fully saturated rings. The molecule has 2 heterocycles. The molecule has 7 nitrogen and oxygen atoms in total. The summed E-state index contributed by atoms with van der Waals surface area (Å²) in [5.74, 6) is -0.186. The van der Waals surface area contributed by atoms with E-state index >= 15 is 0 Å². The average molecular weight is 771 g/mol. The second kappa shape index (κ2) is 17.1. The van der Waals surface area contributed by atoms with Crippen molar-refractivity contribution in [3.8, 4) is 10.6 Å². The minimum atomic E-state index is -4.47. The van der Waals surface area contributed by atoms with Gasteiger partial charge >= 0.3 is 6.18 Å². The van der Waals surface area contributed by atoms with E-state index in [9.17, 15) is 18.0 Å². The van der Waals surface area contributed by atoms with E-state index in [0.717, 1.165) is 78.5 Å². The first-order valence-electron chi connectivity index (χ1n) is 18.4. The third-order valence-electron chi connectivity index (χ3n) is 11.5. The van der Waals surface area contributed by atoms with Gasteiger partial charge in [0.2, 0.25) is 0 Å². The van der Waals surface area contributed by atoms with Crippen LogP contribution in [0.4, 0.5) is 13.2 Å². The van der Waals surface area contributed by atoms with Gasteiger partial charge in [-0.1, -0.05) is 53.6 Å². The van der Waals surface area contributed by atoms with Gasteiger partial charge in [-0.2, -0.15) is 18.3 Å². The first kappa shape index (κ1) is 41.0. The van der Waals surface area contributed by atoms with Gasteiger partial charge in [-0.25, -0.2) is 0 Å². The van der Waals surface area contributed by atoms with Gasteiger partial charge in [0, 0.05) is 35.2 Å². The maximum atomic E-state index is 13.1. The van der Waals surface area contributed by atoms with Crippen LogP contribution in [0, 0.1) is 6.92 Å². The predicted octanol–water partition coefficient (Wildman–Crippen LogP) is 8.78. The van der Waals surface area contributed by atoms with Gasteiger partial charge in [0.15, 0.2) is 0 Å². The molecule has 12 heteroatoms. The Balaban J connectivity index is 0.000000252. The highest BCUT2D eigenvalue weighted by atomic mass is 35.5. The zero-order valence-corrected chi connectivity index (χ0v) is 33.3. The zero-order valence-electron chi connectivity index (χ0n) is 31.8. The SMILES string of the molecule is CN(C)C1(Cc2ccc(Cl)cc2)CCC(N)CC1.Cc1ccc(CC2(N(C)C)CCC(NC(=O)c3ccc(-c4cc(C(F)(F)F)n(C)n4)s3)CC2)cc1. The van der Waals surface area contributed by atoms with Crippen molar-refractivity contribution in [3.63, 3.8) is 0 Å². The lowest BCUT2D eigenvalue weighted by molar-refractivity contribution is -0.143. The van der Waals surface area contributed by atoms with Gasteiger partial charge in [0.1, 0.15) is 11.4 Å². The number of aromatic nitrogens is 2. The van der Waals surface area contributed by atoms with Crippen LogP contribution in [-0.2, 0) is 26.1 Å². The van der Waals surface area contributed by atoms with E-state index in [4.69, 9.17) is 17.3 Å². The summed E-state index contributed by atoms with van der Waals surface area (Å²) in [6.07, 6.45) is 5.92. The maximum Gasteiger partial charge on any atom is 0.433 e. The topological polar surface area (TPSA) is 79.4 Å². The van der Waals surface area contributed by atoms with E-state index in [1.165, 1.54) is 36.6 Å². The number of halogens is 4. The van der Waals surface area contributed by atoms with Crippen LogP contribution in [0.25, 0.3) is 10.6 Å². The highest BCUT2D eigenvalue weighted by molar-refractivity contribution is 7.17. The lowest BCUT2D eigenvalue weighted by Gasteiger charge is -2.45. The molecule has 2 aromatic heterocycles. The summed E-state index contributed by atoms with van der Waals surface area (Å²) in [5, 5.41) is 7.92. The molecule has 0 unspecified atom stereocenters. The van der Waals surface area contributed by atoms with E-state index in [2.05, 4.69) is 91.7 Å². The molecular formula is C41H54ClF3N6OS. The second-order valence-corrected chi connectivity index (χ2v) is 17.0. The first-order valence-corrected chi connectivity index (χ1v) is 19.6. The molecule has 4 aromatic rings. The molecule has 1 amide bonds. The van der Waals surface area contributed by atoms with Crippen molar-refractivity contribution in [2.75, 3.05) is 28.2 Å². The Morgan fingerprint density at radius 3 is 1.89 bits per heavy atom. The van der Waals surface area contributed by atoms with Crippen LogP contribution in [0.1, 0.15) is 83.4 Å². The number of alkyl halides is 3. The largest absolute Gasteiger partial charge is 0.433 e. The number of hydrogen-bond donors (Lipinski definition) is 2. The number of rotatable bonds is 9. The second-order valence-electron chi connectivity index (χ2n) is 15.5. The molecule has 0 spiro atoms. The number of nitrogens with one attached hydrogen (secondary N) is 1. The van der Waals surface area contributed by atoms with Crippen molar-refractivity contribution in [2.45, 2.75) is 100 Å². The molecule has 0 aliphatic heterocycles. The number of hydrogen-bond acceptors (Lipinski definition) is 6. The number of aryl methyl sites for hydroxylation is 2. The normalized spacial score (nSPS) is 23.5. The molecule has 0 atom stereocenters. The minimum Gasteiger partial charge on any atom is -0.349 e. The van der Waals surface area contributed by atoms with Crippen molar-refractivity contribution >= 4 is 28.8 Å². The van der Waals surface area contributed by atoms with Crippen molar-refractivity contribution in [1.29, 1.82) is 0 Å². The fraction of sp³-hybridized carbons (Fsp3) is 0.512. The van der Waals surface area contributed by atoms with Gasteiger partial charge in [0.05, 0.1) is 9.75 Å². The predicted molar refractivity (Wildman–Crippen MR) is 211 cm³/mol. The Bertz CT molecular complexity index is 1790. The summed E-state index contributed by atoms with van der Waals surface area (Å²) < 4.78 is 40.1. The quantitative estimate of drug-likeness (QED) is 0.178. The van der Waals surface area contributed by atoms with Gasteiger partial charge < -0.3 is 20.9 Å². The van der Waals surface area contributed by atoms with Gasteiger partial charge in [-0.15, -0.1) is 11.3 Å². The molecule has 53 heavy (non-hydrogen) atoms. The van der Waals surface area contributed by atoms with Crippen LogP contribution in [0.5, 0.6) is 0 Å². The van der Waals surface area contributed by atoms with Crippen LogP contribution >= 0.6 is 22.9 Å². The summed E-state index contributed by atoms with van der Waals surface area (Å²) in [5.41, 5.74) is 9.69. The standard InChI is InChI=1S/C26H31F3N4OS.C15H23ClN2/c1-17-5-7-18(8-6-17)16-25(32(2)3)13-11-19(12-14-25)30-24(34)22-10-9-21(35-22)20-15-23(26(27,28)29)33(4)31-20;1-18(2)15(9-7-14(17)8-10-15)11-12-3-5-13(16)6-4-12/h5-10,15,19H,11-14,16H2,1-4H3,(H,30,34);3-6,14H,7-11,17H2,1-2H3. The third-order valence-corrected chi connectivity index (χ3v) is 12.8. The van der Waals surface area contributed by atoms with Crippen molar-refractivity contribution < 1.29 is 18.0 Å². The van der Waals surface area contributed by atoms with Crippen molar-refractivity contribution in [3.05, 3.63) is 99.0 Å². The minimum absolute atomic E-state index is 0.0573. The summed E-state index contributed by atoms with van der Waals surface area (Å²) >= 11 is 7.10. The Kier molecular flexibility index (Phi) is 13.2. The Morgan fingerprint density at radius 1 is 0.887 bits per heavy atom. The Labute approximate surface area is 321 Å². The maximum absolute atomic E-state index is 13.1. The summed E-state index contributed by atoms with van der Waals surface area (Å²) in [6.45, 7) is 2.09. The molecule has 0 bridgehead atoms. The average Bonchev–Trinajstić information content (AvgIpc) is 3.77. The first-order chi connectivity index (χ1) is 25.0. The smallest absolute Gasteiger partial charge is 0.349 e. The molecule has 0 radical (unpaired) electrons. The molecule has 2 saturated carbocycles. The monoisotopic (exact) mass is 770 g/mol. The van der Waals surface area contributed by atoms with Crippen LogP contribution < -0.4 is 11.1 Å². The number of amides is 1. The van der Waals surface area contributed by atoms with Gasteiger partial charge in [-0.05, 0) is 141 Å². The van der Waals surface area contributed by atoms with Crippen LogP contribution in [0.2, 0.25) is 5.02 Å². The number of carbonyl (C=O) groups is 1. The molecule has 2 aromatic carbocycles. The van der Waals surface area contributed by atoms with Crippen LogP contribution in [0.3, 0.4) is 0 Å². The molecule has 2 aliphatic rings. The third kappa shape index (κ3) is 10.3. The zero-order chi connectivity index (χ0) is 38.6. The van der Waals surface area contributed by atoms with E-state index < -0.39 is 11.9 Å². The number of likely N-dealkylation sites (N-methyl/N-ethyl adjacent to an activating group) is 2. The highest BCUT2D eigenvalue weighted by Gasteiger charge is 2.39. The number of thiophene rings is 1. The molecule has 0 saturated heterocycles. The van der Waals surface area contributed by atoms with Gasteiger partial charge in [-0.3, -0.25) is 9.48 Å². The lowest BCUT2D eigenvalue weighted by atomic mass is 9.74.